The highest BCUT2D eigenvalue weighted by Gasteiger charge is 2.29. The van der Waals surface area contributed by atoms with Crippen molar-refractivity contribution < 1.29 is 9.90 Å². The van der Waals surface area contributed by atoms with E-state index in [0.29, 0.717) is 12.4 Å². The minimum atomic E-state index is -0.566. The fourth-order valence-electron chi connectivity index (χ4n) is 1.59. The third-order valence-corrected chi connectivity index (χ3v) is 3.23. The summed E-state index contributed by atoms with van der Waals surface area (Å²) in [7, 11) is 0. The van der Waals surface area contributed by atoms with Crippen LogP contribution in [0.25, 0.3) is 0 Å². The Bertz CT molecular complexity index is 408. The lowest BCUT2D eigenvalue weighted by Gasteiger charge is -2.15. The molecule has 2 heterocycles. The van der Waals surface area contributed by atoms with Crippen LogP contribution in [0.2, 0.25) is 0 Å². The first-order valence-corrected chi connectivity index (χ1v) is 5.49. The number of aliphatic hydroxyl groups is 1. The van der Waals surface area contributed by atoms with Crippen molar-refractivity contribution in [3.8, 4) is 0 Å². The van der Waals surface area contributed by atoms with Gasteiger partial charge in [0.05, 0.1) is 24.8 Å². The molecule has 1 atom stereocenters. The van der Waals surface area contributed by atoms with Crippen molar-refractivity contribution in [1.29, 1.82) is 0 Å². The van der Waals surface area contributed by atoms with Crippen molar-refractivity contribution >= 4 is 27.7 Å². The Hall–Kier alpha value is -0.940. The second kappa shape index (κ2) is 3.90. The summed E-state index contributed by atoms with van der Waals surface area (Å²) in [6.07, 6.45) is -0.375. The van der Waals surface area contributed by atoms with Crippen LogP contribution in [0.15, 0.2) is 16.6 Å². The maximum atomic E-state index is 11.5. The molecule has 80 valence electrons. The molecule has 2 rings (SSSR count). The van der Waals surface area contributed by atoms with Gasteiger partial charge >= 0.3 is 0 Å². The van der Waals surface area contributed by atoms with E-state index in [1.807, 2.05) is 13.0 Å². The first-order valence-electron chi connectivity index (χ1n) is 4.69. The molecule has 1 aromatic heterocycles. The lowest BCUT2D eigenvalue weighted by molar-refractivity contribution is -0.117. The second-order valence-electron chi connectivity index (χ2n) is 3.60. The van der Waals surface area contributed by atoms with Gasteiger partial charge in [0.2, 0.25) is 5.91 Å². The zero-order valence-corrected chi connectivity index (χ0v) is 9.86. The van der Waals surface area contributed by atoms with Crippen molar-refractivity contribution in [3.63, 3.8) is 0 Å². The van der Waals surface area contributed by atoms with Crippen LogP contribution < -0.4 is 4.90 Å². The summed E-state index contributed by atoms with van der Waals surface area (Å²) in [6, 6.07) is 3.63. The lowest BCUT2D eigenvalue weighted by Crippen LogP contribution is -2.26. The van der Waals surface area contributed by atoms with Gasteiger partial charge in [-0.05, 0) is 35.0 Å². The molecule has 15 heavy (non-hydrogen) atoms. The summed E-state index contributed by atoms with van der Waals surface area (Å²) >= 11 is 3.35. The van der Waals surface area contributed by atoms with Gasteiger partial charge in [0, 0.05) is 4.47 Å². The predicted molar refractivity (Wildman–Crippen MR) is 59.7 cm³/mol. The quantitative estimate of drug-likeness (QED) is 0.836. The minimum Gasteiger partial charge on any atom is -0.391 e. The molecule has 1 saturated heterocycles. The van der Waals surface area contributed by atoms with Gasteiger partial charge in [-0.2, -0.15) is 0 Å². The van der Waals surface area contributed by atoms with Gasteiger partial charge in [-0.1, -0.05) is 0 Å². The van der Waals surface area contributed by atoms with Gasteiger partial charge in [-0.15, -0.1) is 0 Å². The van der Waals surface area contributed by atoms with E-state index in [2.05, 4.69) is 20.9 Å². The van der Waals surface area contributed by atoms with E-state index in [1.165, 1.54) is 4.90 Å². The molecule has 1 aromatic rings. The molecule has 1 aliphatic heterocycles. The van der Waals surface area contributed by atoms with Crippen LogP contribution in [0, 0.1) is 6.92 Å². The predicted octanol–water partition coefficient (Wildman–Crippen LogP) is 1.25. The summed E-state index contributed by atoms with van der Waals surface area (Å²) in [4.78, 5) is 17.3. The first-order chi connectivity index (χ1) is 7.08. The molecular formula is C10H11BrN2O2. The molecule has 1 N–H and O–H groups in total. The maximum Gasteiger partial charge on any atom is 0.230 e. The van der Waals surface area contributed by atoms with Crippen LogP contribution in [-0.2, 0) is 4.79 Å². The van der Waals surface area contributed by atoms with E-state index in [-0.39, 0.29) is 12.3 Å². The van der Waals surface area contributed by atoms with E-state index >= 15 is 0 Å². The summed E-state index contributed by atoms with van der Waals surface area (Å²) in [5.74, 6) is 0.536. The Kier molecular flexibility index (Phi) is 2.75. The van der Waals surface area contributed by atoms with Crippen LogP contribution in [-0.4, -0.2) is 28.6 Å². The van der Waals surface area contributed by atoms with Crippen LogP contribution in [0.4, 0.5) is 5.82 Å². The Labute approximate surface area is 96.1 Å². The molecular weight excluding hydrogens is 260 g/mol. The molecule has 0 aliphatic carbocycles. The maximum absolute atomic E-state index is 11.5. The highest BCUT2D eigenvalue weighted by atomic mass is 79.9. The number of aryl methyl sites for hydroxylation is 1. The largest absolute Gasteiger partial charge is 0.391 e. The van der Waals surface area contributed by atoms with E-state index in [9.17, 15) is 9.90 Å². The standard InChI is InChI=1S/C10H11BrN2O2/c1-6-8(11)2-3-9(12-6)13-5-7(14)4-10(13)15/h2-3,7,14H,4-5H2,1H3. The number of β-amino-alcohol motifs (C(OH)–C–C–N with tert-alkyl or cyclic N) is 1. The van der Waals surface area contributed by atoms with E-state index in [4.69, 9.17) is 0 Å². The Morgan fingerprint density at radius 2 is 2.33 bits per heavy atom. The summed E-state index contributed by atoms with van der Waals surface area (Å²) in [5.41, 5.74) is 0.835. The molecule has 0 aromatic carbocycles. The molecule has 5 heteroatoms. The average molecular weight is 271 g/mol. The third kappa shape index (κ3) is 2.03. The highest BCUT2D eigenvalue weighted by Crippen LogP contribution is 2.23. The zero-order valence-electron chi connectivity index (χ0n) is 8.27. The fourth-order valence-corrected chi connectivity index (χ4v) is 1.81. The fraction of sp³-hybridized carbons (Fsp3) is 0.400. The number of rotatable bonds is 1. The number of halogens is 1. The number of hydrogen-bond acceptors (Lipinski definition) is 3. The molecule has 0 spiro atoms. The molecule has 0 radical (unpaired) electrons. The van der Waals surface area contributed by atoms with Gasteiger partial charge in [-0.3, -0.25) is 9.69 Å². The topological polar surface area (TPSA) is 53.4 Å². The number of amides is 1. The Morgan fingerprint density at radius 3 is 2.87 bits per heavy atom. The number of carbonyl (C=O) groups excluding carboxylic acids is 1. The van der Waals surface area contributed by atoms with E-state index in [1.54, 1.807) is 6.07 Å². The third-order valence-electron chi connectivity index (χ3n) is 2.39. The molecule has 0 bridgehead atoms. The van der Waals surface area contributed by atoms with Crippen LogP contribution in [0.5, 0.6) is 0 Å². The highest BCUT2D eigenvalue weighted by molar-refractivity contribution is 9.10. The van der Waals surface area contributed by atoms with Gasteiger partial charge in [0.15, 0.2) is 0 Å². The minimum absolute atomic E-state index is 0.0725. The molecule has 1 fully saturated rings. The van der Waals surface area contributed by atoms with Crippen molar-refractivity contribution in [2.24, 2.45) is 0 Å². The number of pyridine rings is 1. The molecule has 1 amide bonds. The van der Waals surface area contributed by atoms with E-state index in [0.717, 1.165) is 10.2 Å². The van der Waals surface area contributed by atoms with Crippen LogP contribution >= 0.6 is 15.9 Å². The summed E-state index contributed by atoms with van der Waals surface area (Å²) in [5, 5.41) is 9.36. The lowest BCUT2D eigenvalue weighted by atomic mass is 10.3. The van der Waals surface area contributed by atoms with Gasteiger partial charge in [0.1, 0.15) is 5.82 Å². The zero-order chi connectivity index (χ0) is 11.0. The number of hydrogen-bond donors (Lipinski definition) is 1. The van der Waals surface area contributed by atoms with Crippen molar-refractivity contribution in [1.82, 2.24) is 4.98 Å². The molecule has 4 nitrogen and oxygen atoms in total. The van der Waals surface area contributed by atoms with Crippen LogP contribution in [0.1, 0.15) is 12.1 Å². The number of nitrogens with zero attached hydrogens (tertiary/aromatic N) is 2. The number of carbonyl (C=O) groups is 1. The molecule has 0 saturated carbocycles. The molecule has 1 unspecified atom stereocenters. The van der Waals surface area contributed by atoms with Gasteiger partial charge in [-0.25, -0.2) is 4.98 Å². The van der Waals surface area contributed by atoms with Crippen molar-refractivity contribution in [2.75, 3.05) is 11.4 Å². The normalized spacial score (nSPS) is 21.1. The molecule has 1 aliphatic rings. The second-order valence-corrected chi connectivity index (χ2v) is 4.45. The SMILES string of the molecule is Cc1nc(N2CC(O)CC2=O)ccc1Br. The average Bonchev–Trinajstić information content (AvgIpc) is 2.50. The number of anilines is 1. The summed E-state index contributed by atoms with van der Waals surface area (Å²) in [6.45, 7) is 2.21. The van der Waals surface area contributed by atoms with Crippen LogP contribution in [0.3, 0.4) is 0 Å². The van der Waals surface area contributed by atoms with Gasteiger partial charge < -0.3 is 5.11 Å². The Morgan fingerprint density at radius 1 is 1.60 bits per heavy atom. The number of aromatic nitrogens is 1. The first kappa shape index (κ1) is 10.6. The van der Waals surface area contributed by atoms with Crippen molar-refractivity contribution in [2.45, 2.75) is 19.4 Å². The van der Waals surface area contributed by atoms with Gasteiger partial charge in [0.25, 0.3) is 0 Å². The van der Waals surface area contributed by atoms with E-state index < -0.39 is 6.10 Å². The monoisotopic (exact) mass is 270 g/mol. The Balaban J connectivity index is 2.30. The summed E-state index contributed by atoms with van der Waals surface area (Å²) < 4.78 is 0.915. The smallest absolute Gasteiger partial charge is 0.230 e. The van der Waals surface area contributed by atoms with Crippen molar-refractivity contribution in [3.05, 3.63) is 22.3 Å². The number of aliphatic hydroxyl groups excluding tert-OH is 1.